The van der Waals surface area contributed by atoms with Crippen molar-refractivity contribution in [2.45, 2.75) is 25.4 Å². The molecule has 2 N–H and O–H groups in total. The van der Waals surface area contributed by atoms with E-state index in [9.17, 15) is 4.39 Å². The molecule has 1 aromatic heterocycles. The minimum atomic E-state index is -0.308. The van der Waals surface area contributed by atoms with Gasteiger partial charge >= 0.3 is 0 Å². The van der Waals surface area contributed by atoms with Crippen LogP contribution in [0.1, 0.15) is 30.0 Å². The van der Waals surface area contributed by atoms with Gasteiger partial charge in [-0.15, -0.1) is 0 Å². The van der Waals surface area contributed by atoms with E-state index in [2.05, 4.69) is 12.3 Å². The van der Waals surface area contributed by atoms with Crippen LogP contribution in [0.3, 0.4) is 0 Å². The standard InChI is InChI=1S/C15H16ClFN2/c16-14-7-13(17)4-3-11(14)8-19-6-5-12(9-19)15(18)10-1-2-10/h3-7,9-10,15H,1-2,8,18H2. The van der Waals surface area contributed by atoms with Gasteiger partial charge < -0.3 is 10.3 Å². The molecule has 3 rings (SSSR count). The number of hydrogen-bond donors (Lipinski definition) is 1. The van der Waals surface area contributed by atoms with E-state index in [4.69, 9.17) is 17.3 Å². The number of benzene rings is 1. The maximum atomic E-state index is 13.0. The van der Waals surface area contributed by atoms with Crippen LogP contribution < -0.4 is 5.73 Å². The van der Waals surface area contributed by atoms with Gasteiger partial charge in [0.05, 0.1) is 0 Å². The molecule has 19 heavy (non-hydrogen) atoms. The Hall–Kier alpha value is -1.32. The lowest BCUT2D eigenvalue weighted by Crippen LogP contribution is -2.11. The SMILES string of the molecule is NC(c1ccn(Cc2ccc(F)cc2Cl)c1)C1CC1. The van der Waals surface area contributed by atoms with Crippen molar-refractivity contribution in [3.63, 3.8) is 0 Å². The van der Waals surface area contributed by atoms with E-state index >= 15 is 0 Å². The maximum absolute atomic E-state index is 13.0. The predicted molar refractivity (Wildman–Crippen MR) is 74.6 cm³/mol. The van der Waals surface area contributed by atoms with Crippen LogP contribution in [0.2, 0.25) is 5.02 Å². The number of nitrogens with two attached hydrogens (primary N) is 1. The first-order chi connectivity index (χ1) is 9.13. The van der Waals surface area contributed by atoms with Crippen molar-refractivity contribution in [2.24, 2.45) is 11.7 Å². The summed E-state index contributed by atoms with van der Waals surface area (Å²) in [4.78, 5) is 0. The zero-order valence-corrected chi connectivity index (χ0v) is 11.3. The molecule has 1 heterocycles. The first-order valence-corrected chi connectivity index (χ1v) is 6.86. The summed E-state index contributed by atoms with van der Waals surface area (Å²) >= 11 is 6.03. The monoisotopic (exact) mass is 278 g/mol. The molecule has 0 aliphatic heterocycles. The van der Waals surface area contributed by atoms with Gasteiger partial charge in [-0.05, 0) is 48.1 Å². The molecule has 1 aliphatic carbocycles. The van der Waals surface area contributed by atoms with Gasteiger partial charge in [0.25, 0.3) is 0 Å². The van der Waals surface area contributed by atoms with Gasteiger partial charge in [0.2, 0.25) is 0 Å². The van der Waals surface area contributed by atoms with Crippen LogP contribution in [0.15, 0.2) is 36.7 Å². The Morgan fingerprint density at radius 3 is 2.84 bits per heavy atom. The lowest BCUT2D eigenvalue weighted by atomic mass is 10.1. The second-order valence-electron chi connectivity index (χ2n) is 5.22. The summed E-state index contributed by atoms with van der Waals surface area (Å²) in [6, 6.07) is 6.70. The zero-order valence-electron chi connectivity index (χ0n) is 10.5. The fraction of sp³-hybridized carbons (Fsp3) is 0.333. The third-order valence-corrected chi connectivity index (χ3v) is 4.01. The van der Waals surface area contributed by atoms with Crippen molar-refractivity contribution in [3.8, 4) is 0 Å². The van der Waals surface area contributed by atoms with Crippen molar-refractivity contribution >= 4 is 11.6 Å². The van der Waals surface area contributed by atoms with Crippen LogP contribution in [0.4, 0.5) is 4.39 Å². The molecule has 0 amide bonds. The number of halogens is 2. The molecule has 1 atom stereocenters. The third kappa shape index (κ3) is 2.82. The van der Waals surface area contributed by atoms with E-state index in [1.807, 2.05) is 10.8 Å². The summed E-state index contributed by atoms with van der Waals surface area (Å²) in [5.41, 5.74) is 8.24. The highest BCUT2D eigenvalue weighted by molar-refractivity contribution is 6.31. The number of aromatic nitrogens is 1. The van der Waals surface area contributed by atoms with Crippen LogP contribution in [-0.2, 0) is 6.54 Å². The molecule has 4 heteroatoms. The first kappa shape index (κ1) is 12.7. The van der Waals surface area contributed by atoms with Crippen molar-refractivity contribution in [1.82, 2.24) is 4.57 Å². The summed E-state index contributed by atoms with van der Waals surface area (Å²) in [5.74, 6) is 0.336. The minimum Gasteiger partial charge on any atom is -0.350 e. The molecular weight excluding hydrogens is 263 g/mol. The van der Waals surface area contributed by atoms with Gasteiger partial charge in [0.1, 0.15) is 5.82 Å². The van der Waals surface area contributed by atoms with E-state index in [-0.39, 0.29) is 11.9 Å². The molecule has 1 fully saturated rings. The smallest absolute Gasteiger partial charge is 0.124 e. The van der Waals surface area contributed by atoms with E-state index in [1.54, 1.807) is 6.07 Å². The summed E-state index contributed by atoms with van der Waals surface area (Å²) in [5, 5.41) is 0.460. The lowest BCUT2D eigenvalue weighted by molar-refractivity contribution is 0.625. The second kappa shape index (κ2) is 4.99. The fourth-order valence-electron chi connectivity index (χ4n) is 2.33. The third-order valence-electron chi connectivity index (χ3n) is 3.66. The maximum Gasteiger partial charge on any atom is 0.124 e. The van der Waals surface area contributed by atoms with Gasteiger partial charge in [-0.3, -0.25) is 0 Å². The Morgan fingerprint density at radius 2 is 2.16 bits per heavy atom. The topological polar surface area (TPSA) is 30.9 Å². The van der Waals surface area contributed by atoms with E-state index in [0.717, 1.165) is 5.56 Å². The van der Waals surface area contributed by atoms with Crippen LogP contribution in [-0.4, -0.2) is 4.57 Å². The molecule has 0 spiro atoms. The Labute approximate surface area is 117 Å². The fourth-order valence-corrected chi connectivity index (χ4v) is 2.56. The van der Waals surface area contributed by atoms with Crippen molar-refractivity contribution in [2.75, 3.05) is 0 Å². The number of nitrogens with zero attached hydrogens (tertiary/aromatic N) is 1. The van der Waals surface area contributed by atoms with Gasteiger partial charge in [-0.25, -0.2) is 4.39 Å². The Morgan fingerprint density at radius 1 is 1.37 bits per heavy atom. The molecule has 1 aliphatic rings. The normalized spacial score (nSPS) is 16.6. The molecule has 1 saturated carbocycles. The Balaban J connectivity index is 1.76. The molecule has 1 aromatic carbocycles. The van der Waals surface area contributed by atoms with Crippen molar-refractivity contribution < 1.29 is 4.39 Å². The van der Waals surface area contributed by atoms with E-state index < -0.39 is 0 Å². The molecule has 100 valence electrons. The molecule has 1 unspecified atom stereocenters. The molecule has 0 radical (unpaired) electrons. The molecular formula is C15H16ClFN2. The van der Waals surface area contributed by atoms with Gasteiger partial charge in [-0.2, -0.15) is 0 Å². The highest BCUT2D eigenvalue weighted by Gasteiger charge is 2.29. The average molecular weight is 279 g/mol. The summed E-state index contributed by atoms with van der Waals surface area (Å²) in [6.45, 7) is 0.635. The van der Waals surface area contributed by atoms with E-state index in [0.29, 0.717) is 17.5 Å². The van der Waals surface area contributed by atoms with Gasteiger partial charge in [0.15, 0.2) is 0 Å². The van der Waals surface area contributed by atoms with Crippen LogP contribution in [0.25, 0.3) is 0 Å². The summed E-state index contributed by atoms with van der Waals surface area (Å²) in [7, 11) is 0. The van der Waals surface area contributed by atoms with Gasteiger partial charge in [-0.1, -0.05) is 17.7 Å². The predicted octanol–water partition coefficient (Wildman–Crippen LogP) is 3.74. The zero-order chi connectivity index (χ0) is 13.4. The largest absolute Gasteiger partial charge is 0.350 e. The molecule has 2 aromatic rings. The van der Waals surface area contributed by atoms with Crippen LogP contribution in [0, 0.1) is 11.7 Å². The first-order valence-electron chi connectivity index (χ1n) is 6.48. The second-order valence-corrected chi connectivity index (χ2v) is 5.62. The molecule has 2 nitrogen and oxygen atoms in total. The van der Waals surface area contributed by atoms with Gasteiger partial charge in [0, 0.05) is 30.0 Å². The highest BCUT2D eigenvalue weighted by Crippen LogP contribution is 2.39. The van der Waals surface area contributed by atoms with Crippen molar-refractivity contribution in [1.29, 1.82) is 0 Å². The molecule has 0 saturated heterocycles. The summed E-state index contributed by atoms with van der Waals surface area (Å²) < 4.78 is 15.0. The Kier molecular flexibility index (Phi) is 3.33. The van der Waals surface area contributed by atoms with Crippen LogP contribution >= 0.6 is 11.6 Å². The van der Waals surface area contributed by atoms with E-state index in [1.165, 1.54) is 30.5 Å². The average Bonchev–Trinajstić information content (AvgIpc) is 3.12. The summed E-state index contributed by atoms with van der Waals surface area (Å²) in [6.07, 6.45) is 6.52. The number of rotatable bonds is 4. The minimum absolute atomic E-state index is 0.143. The highest BCUT2D eigenvalue weighted by atomic mass is 35.5. The number of hydrogen-bond acceptors (Lipinski definition) is 1. The quantitative estimate of drug-likeness (QED) is 0.907. The molecule has 0 bridgehead atoms. The van der Waals surface area contributed by atoms with Crippen molar-refractivity contribution in [3.05, 3.63) is 58.6 Å². The van der Waals surface area contributed by atoms with Crippen LogP contribution in [0.5, 0.6) is 0 Å². The Bertz CT molecular complexity index is 590. The lowest BCUT2D eigenvalue weighted by Gasteiger charge is -2.08.